The van der Waals surface area contributed by atoms with Crippen LogP contribution in [-0.4, -0.2) is 38.2 Å². The van der Waals surface area contributed by atoms with Gasteiger partial charge in [-0.15, -0.1) is 35.1 Å². The van der Waals surface area contributed by atoms with E-state index in [4.69, 9.17) is 4.98 Å². The zero-order valence-electron chi connectivity index (χ0n) is 19.2. The number of hydrogen-bond donors (Lipinski definition) is 1. The van der Waals surface area contributed by atoms with Crippen LogP contribution in [0.5, 0.6) is 0 Å². The molecule has 0 unspecified atom stereocenters. The topological polar surface area (TPSA) is 63.1 Å². The van der Waals surface area contributed by atoms with Crippen molar-refractivity contribution in [2.24, 2.45) is 0 Å². The number of carbonyl (C=O) groups excluding carboxylic acids is 1. The predicted molar refractivity (Wildman–Crippen MR) is 140 cm³/mol. The van der Waals surface area contributed by atoms with Gasteiger partial charge in [0.1, 0.15) is 10.0 Å². The molecule has 6 nitrogen and oxygen atoms in total. The van der Waals surface area contributed by atoms with Crippen molar-refractivity contribution in [3.63, 3.8) is 0 Å². The average Bonchev–Trinajstić information content (AvgIpc) is 3.46. The second kappa shape index (κ2) is 9.54. The maximum atomic E-state index is 13.1. The molecule has 1 aromatic carbocycles. The number of anilines is 1. The van der Waals surface area contributed by atoms with Gasteiger partial charge in [-0.05, 0) is 57.9 Å². The second-order valence-corrected chi connectivity index (χ2v) is 10.6. The van der Waals surface area contributed by atoms with Gasteiger partial charge in [-0.2, -0.15) is 5.10 Å². The van der Waals surface area contributed by atoms with Gasteiger partial charge >= 0.3 is 0 Å². The summed E-state index contributed by atoms with van der Waals surface area (Å²) < 4.78 is 3.01. The van der Waals surface area contributed by atoms with Gasteiger partial charge in [-0.3, -0.25) is 14.4 Å². The molecule has 0 fully saturated rings. The number of para-hydroxylation sites is 1. The van der Waals surface area contributed by atoms with E-state index in [2.05, 4.69) is 35.2 Å². The van der Waals surface area contributed by atoms with Gasteiger partial charge in [0.15, 0.2) is 5.69 Å². The first-order valence-electron chi connectivity index (χ1n) is 11.0. The molecule has 0 aliphatic carbocycles. The Labute approximate surface area is 208 Å². The Hall–Kier alpha value is -2.26. The molecule has 1 aliphatic rings. The Bertz CT molecular complexity index is 1270. The highest BCUT2D eigenvalue weighted by Crippen LogP contribution is 2.46. The van der Waals surface area contributed by atoms with Crippen LogP contribution in [0.1, 0.15) is 47.4 Å². The molecule has 1 aliphatic heterocycles. The molecule has 3 aromatic heterocycles. The first-order chi connectivity index (χ1) is 15.4. The molecule has 4 heterocycles. The summed E-state index contributed by atoms with van der Waals surface area (Å²) in [6, 6.07) is 10.6. The zero-order chi connectivity index (χ0) is 22.4. The van der Waals surface area contributed by atoms with Crippen LogP contribution in [0.3, 0.4) is 0 Å². The summed E-state index contributed by atoms with van der Waals surface area (Å²) in [6.45, 7) is 11.2. The van der Waals surface area contributed by atoms with Crippen LogP contribution < -0.4 is 5.32 Å². The normalized spacial score (nSPS) is 13.8. The van der Waals surface area contributed by atoms with Gasteiger partial charge in [0.05, 0.1) is 10.2 Å². The van der Waals surface area contributed by atoms with Crippen molar-refractivity contribution in [1.82, 2.24) is 19.7 Å². The molecule has 0 bridgehead atoms. The smallest absolute Gasteiger partial charge is 0.276 e. The Kier molecular flexibility index (Phi) is 6.91. The molecule has 1 amide bonds. The van der Waals surface area contributed by atoms with Crippen molar-refractivity contribution in [3.05, 3.63) is 52.2 Å². The summed E-state index contributed by atoms with van der Waals surface area (Å²) >= 11 is 3.38. The molecule has 9 heteroatoms. The van der Waals surface area contributed by atoms with E-state index in [9.17, 15) is 4.79 Å². The number of fused-ring (bicyclic) bond motifs is 2. The molecule has 1 N–H and O–H groups in total. The summed E-state index contributed by atoms with van der Waals surface area (Å²) in [5, 5.41) is 9.52. The van der Waals surface area contributed by atoms with E-state index in [1.807, 2.05) is 42.8 Å². The molecule has 33 heavy (non-hydrogen) atoms. The van der Waals surface area contributed by atoms with Crippen molar-refractivity contribution in [2.75, 3.05) is 11.9 Å². The van der Waals surface area contributed by atoms with Crippen molar-refractivity contribution < 1.29 is 4.79 Å². The number of nitrogens with one attached hydrogen (secondary N) is 1. The molecule has 0 saturated carbocycles. The molecule has 174 valence electrons. The Balaban J connectivity index is 0.00000259. The molecule has 0 radical (unpaired) electrons. The van der Waals surface area contributed by atoms with Crippen LogP contribution in [0.2, 0.25) is 0 Å². The standard InChI is InChI=1S/C24H27N5OS2.ClH/c1-5-29-15(4)12-18(27-29)22(30)26-24-21(23-25-17-8-6-7-9-19(17)31-23)16-10-11-28(14(2)3)13-20(16)32-24;/h6-9,12,14H,5,10-11,13H2,1-4H3,(H,26,30);1H. The fraction of sp³-hybridized carbons (Fsp3) is 0.375. The Morgan fingerprint density at radius 2 is 2.03 bits per heavy atom. The number of amides is 1. The van der Waals surface area contributed by atoms with E-state index < -0.39 is 0 Å². The van der Waals surface area contributed by atoms with Crippen molar-refractivity contribution >= 4 is 56.2 Å². The summed E-state index contributed by atoms with van der Waals surface area (Å²) in [5.41, 5.74) is 4.87. The van der Waals surface area contributed by atoms with Crippen LogP contribution in [0.15, 0.2) is 30.3 Å². The molecule has 4 aromatic rings. The predicted octanol–water partition coefficient (Wildman–Crippen LogP) is 5.99. The highest BCUT2D eigenvalue weighted by atomic mass is 35.5. The van der Waals surface area contributed by atoms with Crippen molar-refractivity contribution in [3.8, 4) is 10.6 Å². The summed E-state index contributed by atoms with van der Waals surface area (Å²) in [7, 11) is 0. The summed E-state index contributed by atoms with van der Waals surface area (Å²) in [4.78, 5) is 21.9. The van der Waals surface area contributed by atoms with Gasteiger partial charge < -0.3 is 5.32 Å². The Morgan fingerprint density at radius 1 is 1.24 bits per heavy atom. The van der Waals surface area contributed by atoms with E-state index in [-0.39, 0.29) is 18.3 Å². The van der Waals surface area contributed by atoms with E-state index in [0.717, 1.165) is 57.5 Å². The van der Waals surface area contributed by atoms with Gasteiger partial charge in [-0.1, -0.05) is 12.1 Å². The lowest BCUT2D eigenvalue weighted by Gasteiger charge is -2.30. The van der Waals surface area contributed by atoms with Crippen LogP contribution >= 0.6 is 35.1 Å². The first-order valence-corrected chi connectivity index (χ1v) is 12.7. The largest absolute Gasteiger partial charge is 0.312 e. The zero-order valence-corrected chi connectivity index (χ0v) is 21.7. The van der Waals surface area contributed by atoms with E-state index >= 15 is 0 Å². The lowest BCUT2D eigenvalue weighted by atomic mass is 10.0. The fourth-order valence-electron chi connectivity index (χ4n) is 4.27. The minimum absolute atomic E-state index is 0. The number of rotatable bonds is 5. The molecular weight excluding hydrogens is 474 g/mol. The fourth-order valence-corrected chi connectivity index (χ4v) is 6.64. The second-order valence-electron chi connectivity index (χ2n) is 8.45. The van der Waals surface area contributed by atoms with E-state index in [0.29, 0.717) is 11.7 Å². The van der Waals surface area contributed by atoms with Crippen LogP contribution in [0, 0.1) is 6.92 Å². The van der Waals surface area contributed by atoms with E-state index in [1.54, 1.807) is 22.7 Å². The maximum Gasteiger partial charge on any atom is 0.276 e. The molecule has 0 saturated heterocycles. The number of halogens is 1. The minimum Gasteiger partial charge on any atom is -0.312 e. The third-order valence-electron chi connectivity index (χ3n) is 6.06. The number of carbonyl (C=O) groups is 1. The highest BCUT2D eigenvalue weighted by molar-refractivity contribution is 7.23. The molecule has 5 rings (SSSR count). The van der Waals surface area contributed by atoms with Gasteiger partial charge in [0.2, 0.25) is 0 Å². The average molecular weight is 502 g/mol. The minimum atomic E-state index is -0.165. The van der Waals surface area contributed by atoms with Gasteiger partial charge in [-0.25, -0.2) is 4.98 Å². The highest BCUT2D eigenvalue weighted by Gasteiger charge is 2.29. The third kappa shape index (κ3) is 4.45. The van der Waals surface area contributed by atoms with Crippen LogP contribution in [0.4, 0.5) is 5.00 Å². The number of benzene rings is 1. The van der Waals surface area contributed by atoms with Crippen LogP contribution in [0.25, 0.3) is 20.8 Å². The lowest BCUT2D eigenvalue weighted by Crippen LogP contribution is -2.35. The monoisotopic (exact) mass is 501 g/mol. The number of hydrogen-bond acceptors (Lipinski definition) is 6. The van der Waals surface area contributed by atoms with Gasteiger partial charge in [0.25, 0.3) is 5.91 Å². The van der Waals surface area contributed by atoms with Gasteiger partial charge in [0, 0.05) is 41.8 Å². The number of aryl methyl sites for hydroxylation is 2. The quantitative estimate of drug-likeness (QED) is 0.365. The van der Waals surface area contributed by atoms with E-state index in [1.165, 1.54) is 10.4 Å². The van der Waals surface area contributed by atoms with Crippen LogP contribution in [-0.2, 0) is 19.5 Å². The molecule has 0 spiro atoms. The summed E-state index contributed by atoms with van der Waals surface area (Å²) in [5.74, 6) is -0.165. The number of nitrogens with zero attached hydrogens (tertiary/aromatic N) is 4. The maximum absolute atomic E-state index is 13.1. The third-order valence-corrected chi connectivity index (χ3v) is 8.25. The molecule has 0 atom stereocenters. The number of thiophene rings is 1. The van der Waals surface area contributed by atoms with Crippen molar-refractivity contribution in [2.45, 2.75) is 53.2 Å². The van der Waals surface area contributed by atoms with Crippen molar-refractivity contribution in [1.29, 1.82) is 0 Å². The Morgan fingerprint density at radius 3 is 2.73 bits per heavy atom. The molecular formula is C24H28ClN5OS2. The number of thiazole rings is 1. The lowest BCUT2D eigenvalue weighted by molar-refractivity contribution is 0.102. The first kappa shape index (κ1) is 23.9. The SMILES string of the molecule is CCn1nc(C(=O)Nc2sc3c(c2-c2nc4ccccc4s2)CCN(C(C)C)C3)cc1C.Cl. The number of aromatic nitrogens is 3. The summed E-state index contributed by atoms with van der Waals surface area (Å²) in [6.07, 6.45) is 0.967.